The van der Waals surface area contributed by atoms with E-state index in [0.717, 1.165) is 25.0 Å². The quantitative estimate of drug-likeness (QED) is 0.864. The topological polar surface area (TPSA) is 55.5 Å². The Morgan fingerprint density at radius 1 is 1.44 bits per heavy atom. The molecule has 0 amide bonds. The number of fused-ring (bicyclic) bond motifs is 1. The predicted octanol–water partition coefficient (Wildman–Crippen LogP) is 2.35. The van der Waals surface area contributed by atoms with Gasteiger partial charge in [0.1, 0.15) is 5.75 Å². The summed E-state index contributed by atoms with van der Waals surface area (Å²) in [5.74, 6) is 0.307. The van der Waals surface area contributed by atoms with Crippen molar-refractivity contribution >= 4 is 0 Å². The molecule has 0 bridgehead atoms. The first-order chi connectivity index (χ1) is 8.46. The molecule has 0 heterocycles. The third kappa shape index (κ3) is 2.25. The number of hydrogen-bond donors (Lipinski definition) is 2. The fraction of sp³-hybridized carbons (Fsp3) is 0.600. The highest BCUT2D eigenvalue weighted by molar-refractivity contribution is 5.43. The second-order valence-electron chi connectivity index (χ2n) is 5.70. The molecule has 1 aromatic carbocycles. The van der Waals surface area contributed by atoms with Gasteiger partial charge in [-0.1, -0.05) is 26.8 Å². The summed E-state index contributed by atoms with van der Waals surface area (Å²) < 4.78 is 5.88. The third-order valence-corrected chi connectivity index (χ3v) is 3.98. The van der Waals surface area contributed by atoms with E-state index in [1.807, 2.05) is 12.1 Å². The molecule has 0 aliphatic heterocycles. The van der Waals surface area contributed by atoms with Gasteiger partial charge in [-0.3, -0.25) is 0 Å². The molecule has 0 saturated heterocycles. The molecular weight excluding hydrogens is 226 g/mol. The van der Waals surface area contributed by atoms with Gasteiger partial charge in [-0.05, 0) is 29.7 Å². The minimum Gasteiger partial charge on any atom is -0.508 e. The number of phenols is 1. The molecule has 0 fully saturated rings. The molecule has 0 aromatic heterocycles. The van der Waals surface area contributed by atoms with E-state index in [4.69, 9.17) is 10.5 Å². The van der Waals surface area contributed by atoms with Crippen LogP contribution < -0.4 is 5.73 Å². The Bertz CT molecular complexity index is 429. The standard InChI is InChI=1S/C15H23NO2/c1-4-7-18-13-8-10-5-6-11(17)9-12(10)15(2,3)14(13)16/h5-6,9,13-14,17H,4,7-8,16H2,1-3H3/t13-,14+/m0/s1. The van der Waals surface area contributed by atoms with E-state index in [0.29, 0.717) is 5.75 Å². The second-order valence-corrected chi connectivity index (χ2v) is 5.70. The Kier molecular flexibility index (Phi) is 3.64. The lowest BCUT2D eigenvalue weighted by Gasteiger charge is -2.43. The average Bonchev–Trinajstić information content (AvgIpc) is 2.33. The number of aromatic hydroxyl groups is 1. The Balaban J connectivity index is 2.34. The fourth-order valence-electron chi connectivity index (χ4n) is 2.76. The van der Waals surface area contributed by atoms with Crippen molar-refractivity contribution < 1.29 is 9.84 Å². The van der Waals surface area contributed by atoms with Crippen LogP contribution in [-0.4, -0.2) is 23.9 Å². The van der Waals surface area contributed by atoms with Crippen molar-refractivity contribution in [3.63, 3.8) is 0 Å². The van der Waals surface area contributed by atoms with Crippen LogP contribution in [0.4, 0.5) is 0 Å². The van der Waals surface area contributed by atoms with Crippen molar-refractivity contribution in [2.75, 3.05) is 6.61 Å². The smallest absolute Gasteiger partial charge is 0.115 e. The Morgan fingerprint density at radius 3 is 2.83 bits per heavy atom. The van der Waals surface area contributed by atoms with Crippen LogP contribution in [0.5, 0.6) is 5.75 Å². The molecule has 1 aromatic rings. The van der Waals surface area contributed by atoms with Gasteiger partial charge in [0, 0.05) is 24.5 Å². The first-order valence-electron chi connectivity index (χ1n) is 6.66. The monoisotopic (exact) mass is 249 g/mol. The number of ether oxygens (including phenoxy) is 1. The minimum absolute atomic E-state index is 0.0432. The van der Waals surface area contributed by atoms with E-state index in [2.05, 4.69) is 20.8 Å². The molecule has 18 heavy (non-hydrogen) atoms. The van der Waals surface area contributed by atoms with Crippen molar-refractivity contribution in [2.45, 2.75) is 51.2 Å². The van der Waals surface area contributed by atoms with Crippen LogP contribution in [0.1, 0.15) is 38.3 Å². The predicted molar refractivity (Wildman–Crippen MR) is 72.8 cm³/mol. The SMILES string of the molecule is CCCO[C@H]1Cc2ccc(O)cc2C(C)(C)[C@@H]1N. The maximum atomic E-state index is 9.64. The van der Waals surface area contributed by atoms with E-state index in [-0.39, 0.29) is 17.6 Å². The zero-order valence-electron chi connectivity index (χ0n) is 11.4. The summed E-state index contributed by atoms with van der Waals surface area (Å²) in [7, 11) is 0. The number of nitrogens with two attached hydrogens (primary N) is 1. The molecule has 0 saturated carbocycles. The van der Waals surface area contributed by atoms with Crippen molar-refractivity contribution in [3.8, 4) is 5.75 Å². The fourth-order valence-corrected chi connectivity index (χ4v) is 2.76. The number of hydrogen-bond acceptors (Lipinski definition) is 3. The highest BCUT2D eigenvalue weighted by atomic mass is 16.5. The summed E-state index contributed by atoms with van der Waals surface area (Å²) in [6.45, 7) is 7.10. The highest BCUT2D eigenvalue weighted by Crippen LogP contribution is 2.38. The Labute approximate surface area is 109 Å². The average molecular weight is 249 g/mol. The van der Waals surface area contributed by atoms with Crippen LogP contribution in [0.3, 0.4) is 0 Å². The molecule has 3 N–H and O–H groups in total. The van der Waals surface area contributed by atoms with Gasteiger partial charge in [0.2, 0.25) is 0 Å². The third-order valence-electron chi connectivity index (χ3n) is 3.98. The summed E-state index contributed by atoms with van der Waals surface area (Å²) in [5, 5.41) is 9.64. The van der Waals surface area contributed by atoms with Gasteiger partial charge in [-0.15, -0.1) is 0 Å². The van der Waals surface area contributed by atoms with Gasteiger partial charge in [0.25, 0.3) is 0 Å². The molecule has 2 atom stereocenters. The van der Waals surface area contributed by atoms with Gasteiger partial charge in [-0.25, -0.2) is 0 Å². The summed E-state index contributed by atoms with van der Waals surface area (Å²) in [6, 6.07) is 5.52. The Morgan fingerprint density at radius 2 is 2.17 bits per heavy atom. The lowest BCUT2D eigenvalue weighted by Crippen LogP contribution is -2.54. The minimum atomic E-state index is -0.176. The normalized spacial score (nSPS) is 25.8. The molecule has 3 heteroatoms. The molecule has 3 nitrogen and oxygen atoms in total. The second kappa shape index (κ2) is 4.90. The van der Waals surface area contributed by atoms with Crippen LogP contribution in [0.25, 0.3) is 0 Å². The van der Waals surface area contributed by atoms with Gasteiger partial charge in [0.15, 0.2) is 0 Å². The van der Waals surface area contributed by atoms with Gasteiger partial charge in [0.05, 0.1) is 6.10 Å². The van der Waals surface area contributed by atoms with Crippen molar-refractivity contribution in [3.05, 3.63) is 29.3 Å². The first-order valence-corrected chi connectivity index (χ1v) is 6.66. The number of phenolic OH excluding ortho intramolecular Hbond substituents is 1. The Hall–Kier alpha value is -1.06. The van der Waals surface area contributed by atoms with Gasteiger partial charge < -0.3 is 15.6 Å². The lowest BCUT2D eigenvalue weighted by molar-refractivity contribution is 0.0131. The summed E-state index contributed by atoms with van der Waals surface area (Å²) in [6.07, 6.45) is 1.91. The van der Waals surface area contributed by atoms with E-state index in [9.17, 15) is 5.11 Å². The highest BCUT2D eigenvalue weighted by Gasteiger charge is 2.40. The molecule has 0 radical (unpaired) electrons. The summed E-state index contributed by atoms with van der Waals surface area (Å²) in [4.78, 5) is 0. The molecule has 0 spiro atoms. The van der Waals surface area contributed by atoms with Crippen LogP contribution in [0.15, 0.2) is 18.2 Å². The van der Waals surface area contributed by atoms with Gasteiger partial charge >= 0.3 is 0 Å². The zero-order chi connectivity index (χ0) is 13.3. The van der Waals surface area contributed by atoms with Crippen molar-refractivity contribution in [1.82, 2.24) is 0 Å². The van der Waals surface area contributed by atoms with E-state index in [1.165, 1.54) is 5.56 Å². The summed E-state index contributed by atoms with van der Waals surface area (Å²) >= 11 is 0. The molecule has 0 unspecified atom stereocenters. The zero-order valence-corrected chi connectivity index (χ0v) is 11.4. The van der Waals surface area contributed by atoms with E-state index >= 15 is 0 Å². The molecular formula is C15H23NO2. The van der Waals surface area contributed by atoms with Crippen molar-refractivity contribution in [1.29, 1.82) is 0 Å². The van der Waals surface area contributed by atoms with Crippen LogP contribution in [0.2, 0.25) is 0 Å². The van der Waals surface area contributed by atoms with Gasteiger partial charge in [-0.2, -0.15) is 0 Å². The molecule has 100 valence electrons. The van der Waals surface area contributed by atoms with Crippen LogP contribution in [0, 0.1) is 0 Å². The first kappa shape index (κ1) is 13.4. The lowest BCUT2D eigenvalue weighted by atomic mass is 9.68. The molecule has 1 aliphatic rings. The molecule has 1 aliphatic carbocycles. The maximum absolute atomic E-state index is 9.64. The maximum Gasteiger partial charge on any atom is 0.115 e. The number of benzene rings is 1. The molecule has 2 rings (SSSR count). The summed E-state index contributed by atoms with van der Waals surface area (Å²) in [5.41, 5.74) is 8.56. The van der Waals surface area contributed by atoms with Crippen LogP contribution >= 0.6 is 0 Å². The number of rotatable bonds is 3. The van der Waals surface area contributed by atoms with Crippen LogP contribution in [-0.2, 0) is 16.6 Å². The largest absolute Gasteiger partial charge is 0.508 e. The van der Waals surface area contributed by atoms with E-state index in [1.54, 1.807) is 6.07 Å². The van der Waals surface area contributed by atoms with E-state index < -0.39 is 0 Å². The van der Waals surface area contributed by atoms with Crippen molar-refractivity contribution in [2.24, 2.45) is 5.73 Å².